The molecule has 2 fully saturated rings. The zero-order chi connectivity index (χ0) is 18.1. The molecule has 0 radical (unpaired) electrons. The highest BCUT2D eigenvalue weighted by atomic mass is 127. The van der Waals surface area contributed by atoms with Crippen LogP contribution in [0.15, 0.2) is 17.1 Å². The van der Waals surface area contributed by atoms with E-state index in [9.17, 15) is 0 Å². The molecule has 1 heterocycles. The lowest BCUT2D eigenvalue weighted by Gasteiger charge is -2.33. The van der Waals surface area contributed by atoms with Crippen molar-refractivity contribution in [3.8, 4) is 0 Å². The summed E-state index contributed by atoms with van der Waals surface area (Å²) in [6.45, 7) is 14.4. The number of hydrogen-bond acceptors (Lipinski definition) is 3. The molecule has 5 nitrogen and oxygen atoms in total. The van der Waals surface area contributed by atoms with Gasteiger partial charge in [0, 0.05) is 44.8 Å². The van der Waals surface area contributed by atoms with Crippen LogP contribution in [0.25, 0.3) is 0 Å². The predicted molar refractivity (Wildman–Crippen MR) is 124 cm³/mol. The molecule has 2 rings (SSSR count). The molecule has 6 heteroatoms. The Morgan fingerprint density at radius 2 is 1.85 bits per heavy atom. The normalized spacial score (nSPS) is 20.2. The van der Waals surface area contributed by atoms with Crippen LogP contribution in [-0.4, -0.2) is 74.2 Å². The number of hydrogen-bond donors (Lipinski definition) is 2. The van der Waals surface area contributed by atoms with Crippen LogP contribution < -0.4 is 10.6 Å². The van der Waals surface area contributed by atoms with Crippen molar-refractivity contribution in [2.45, 2.75) is 64.5 Å². The molecule has 2 aliphatic rings. The smallest absolute Gasteiger partial charge is 0.191 e. The lowest BCUT2D eigenvalue weighted by molar-refractivity contribution is 0.221. The summed E-state index contributed by atoms with van der Waals surface area (Å²) < 4.78 is 0. The van der Waals surface area contributed by atoms with E-state index in [2.05, 4.69) is 47.9 Å². The fourth-order valence-electron chi connectivity index (χ4n) is 3.98. The van der Waals surface area contributed by atoms with Crippen molar-refractivity contribution in [2.75, 3.05) is 46.3 Å². The number of rotatable bonds is 8. The number of nitrogens with zero attached hydrogens (tertiary/aromatic N) is 3. The molecule has 0 aromatic carbocycles. The minimum atomic E-state index is 0. The first-order chi connectivity index (χ1) is 12.1. The topological polar surface area (TPSA) is 42.9 Å². The van der Waals surface area contributed by atoms with Gasteiger partial charge in [-0.3, -0.25) is 9.89 Å². The van der Waals surface area contributed by atoms with E-state index in [0.717, 1.165) is 51.3 Å². The van der Waals surface area contributed by atoms with E-state index in [0.29, 0.717) is 6.04 Å². The summed E-state index contributed by atoms with van der Waals surface area (Å²) in [6.07, 6.45) is 7.88. The highest BCUT2D eigenvalue weighted by Gasteiger charge is 2.20. The van der Waals surface area contributed by atoms with Gasteiger partial charge in [-0.1, -0.05) is 25.0 Å². The zero-order valence-corrected chi connectivity index (χ0v) is 19.4. The van der Waals surface area contributed by atoms with Crippen LogP contribution in [0.2, 0.25) is 0 Å². The van der Waals surface area contributed by atoms with Crippen molar-refractivity contribution in [2.24, 2.45) is 4.99 Å². The fraction of sp³-hybridized carbons (Fsp3) is 0.850. The molecule has 0 aromatic heterocycles. The van der Waals surface area contributed by atoms with Crippen molar-refractivity contribution in [1.82, 2.24) is 20.4 Å². The molecule has 152 valence electrons. The first-order valence-corrected chi connectivity index (χ1v) is 10.2. The molecule has 0 amide bonds. The molecule has 0 bridgehead atoms. The third-order valence-electron chi connectivity index (χ3n) is 5.44. The molecule has 0 aromatic rings. The molecule has 0 atom stereocenters. The molecular weight excluding hydrogens is 437 g/mol. The highest BCUT2D eigenvalue weighted by Crippen LogP contribution is 2.21. The Morgan fingerprint density at radius 3 is 2.42 bits per heavy atom. The van der Waals surface area contributed by atoms with Gasteiger partial charge in [-0.15, -0.1) is 24.0 Å². The Labute approximate surface area is 178 Å². The number of halogens is 1. The third kappa shape index (κ3) is 8.57. The minimum Gasteiger partial charge on any atom is -0.357 e. The quantitative estimate of drug-likeness (QED) is 0.244. The molecule has 1 saturated heterocycles. The van der Waals surface area contributed by atoms with Gasteiger partial charge in [0.2, 0.25) is 0 Å². The van der Waals surface area contributed by atoms with Gasteiger partial charge in [0.05, 0.1) is 6.54 Å². The summed E-state index contributed by atoms with van der Waals surface area (Å²) in [5, 5.41) is 7.05. The SMILES string of the molecule is C=C(C)CN1CCC(NC(=NCCN(C)C2CCCC2)NCC)CC1.I. The first kappa shape index (κ1) is 23.7. The Bertz CT molecular complexity index is 426. The van der Waals surface area contributed by atoms with Gasteiger partial charge >= 0.3 is 0 Å². The number of likely N-dealkylation sites (N-methyl/N-ethyl adjacent to an activating group) is 1. The standard InChI is InChI=1S/C20H39N5.HI/c1-5-21-20(22-12-15-24(4)19-8-6-7-9-19)23-18-10-13-25(14-11-18)16-17(2)3;/h18-19H,2,5-16H2,1,3-4H3,(H2,21,22,23);1H. The Morgan fingerprint density at radius 1 is 1.19 bits per heavy atom. The van der Waals surface area contributed by atoms with Crippen molar-refractivity contribution < 1.29 is 0 Å². The molecule has 26 heavy (non-hydrogen) atoms. The lowest BCUT2D eigenvalue weighted by atomic mass is 10.0. The van der Waals surface area contributed by atoms with Crippen molar-refractivity contribution in [1.29, 1.82) is 0 Å². The van der Waals surface area contributed by atoms with E-state index in [1.807, 2.05) is 0 Å². The maximum absolute atomic E-state index is 4.81. The van der Waals surface area contributed by atoms with Crippen LogP contribution in [0.1, 0.15) is 52.4 Å². The monoisotopic (exact) mass is 477 g/mol. The van der Waals surface area contributed by atoms with Crippen molar-refractivity contribution in [3.63, 3.8) is 0 Å². The van der Waals surface area contributed by atoms with E-state index in [4.69, 9.17) is 4.99 Å². The van der Waals surface area contributed by atoms with E-state index in [1.165, 1.54) is 44.1 Å². The van der Waals surface area contributed by atoms with Gasteiger partial charge in [-0.05, 0) is 46.6 Å². The molecule has 1 aliphatic carbocycles. The second-order valence-corrected chi connectivity index (χ2v) is 7.83. The Hall–Kier alpha value is -0.340. The molecular formula is C20H40IN5. The molecule has 1 aliphatic heterocycles. The molecule has 0 spiro atoms. The van der Waals surface area contributed by atoms with Gasteiger partial charge in [0.1, 0.15) is 0 Å². The Balaban J connectivity index is 0.00000338. The number of guanidine groups is 1. The average molecular weight is 477 g/mol. The lowest BCUT2D eigenvalue weighted by Crippen LogP contribution is -2.49. The van der Waals surface area contributed by atoms with Gasteiger partial charge in [0.25, 0.3) is 0 Å². The van der Waals surface area contributed by atoms with Crippen LogP contribution in [-0.2, 0) is 0 Å². The van der Waals surface area contributed by atoms with Crippen LogP contribution in [0.5, 0.6) is 0 Å². The summed E-state index contributed by atoms with van der Waals surface area (Å²) in [5.74, 6) is 0.987. The van der Waals surface area contributed by atoms with E-state index >= 15 is 0 Å². The van der Waals surface area contributed by atoms with Crippen LogP contribution in [0, 0.1) is 0 Å². The zero-order valence-electron chi connectivity index (χ0n) is 17.1. The van der Waals surface area contributed by atoms with E-state index < -0.39 is 0 Å². The number of likely N-dealkylation sites (tertiary alicyclic amines) is 1. The number of piperidine rings is 1. The van der Waals surface area contributed by atoms with Crippen LogP contribution >= 0.6 is 24.0 Å². The number of aliphatic imine (C=N–C) groups is 1. The highest BCUT2D eigenvalue weighted by molar-refractivity contribution is 14.0. The summed E-state index contributed by atoms with van der Waals surface area (Å²) in [6, 6.07) is 1.31. The second-order valence-electron chi connectivity index (χ2n) is 7.83. The van der Waals surface area contributed by atoms with Gasteiger partial charge < -0.3 is 15.5 Å². The van der Waals surface area contributed by atoms with Gasteiger partial charge in [-0.25, -0.2) is 0 Å². The van der Waals surface area contributed by atoms with Crippen LogP contribution in [0.3, 0.4) is 0 Å². The average Bonchev–Trinajstić information content (AvgIpc) is 3.11. The third-order valence-corrected chi connectivity index (χ3v) is 5.44. The summed E-state index contributed by atoms with van der Waals surface area (Å²) >= 11 is 0. The van der Waals surface area contributed by atoms with Crippen LogP contribution in [0.4, 0.5) is 0 Å². The predicted octanol–water partition coefficient (Wildman–Crippen LogP) is 3.07. The second kappa shape index (κ2) is 12.9. The maximum atomic E-state index is 4.81. The van der Waals surface area contributed by atoms with E-state index in [-0.39, 0.29) is 24.0 Å². The Kier molecular flexibility index (Phi) is 11.8. The van der Waals surface area contributed by atoms with Crippen molar-refractivity contribution >= 4 is 29.9 Å². The van der Waals surface area contributed by atoms with Gasteiger partial charge in [-0.2, -0.15) is 0 Å². The fourth-order valence-corrected chi connectivity index (χ4v) is 3.98. The summed E-state index contributed by atoms with van der Waals surface area (Å²) in [4.78, 5) is 9.81. The first-order valence-electron chi connectivity index (χ1n) is 10.2. The van der Waals surface area contributed by atoms with Gasteiger partial charge in [0.15, 0.2) is 5.96 Å². The molecule has 2 N–H and O–H groups in total. The molecule has 0 unspecified atom stereocenters. The minimum absolute atomic E-state index is 0. The number of nitrogens with one attached hydrogen (secondary N) is 2. The summed E-state index contributed by atoms with van der Waals surface area (Å²) in [5.41, 5.74) is 1.26. The maximum Gasteiger partial charge on any atom is 0.191 e. The summed E-state index contributed by atoms with van der Waals surface area (Å²) in [7, 11) is 2.25. The molecule has 1 saturated carbocycles. The van der Waals surface area contributed by atoms with E-state index in [1.54, 1.807) is 0 Å². The largest absolute Gasteiger partial charge is 0.357 e. The van der Waals surface area contributed by atoms with Crippen molar-refractivity contribution in [3.05, 3.63) is 12.2 Å².